The number of ether oxygens (including phenoxy) is 1. The quantitative estimate of drug-likeness (QED) is 0.330. The molecule has 3 aromatic heterocycles. The number of likely N-dealkylation sites (tertiary alicyclic amines) is 1. The van der Waals surface area contributed by atoms with Crippen molar-refractivity contribution in [1.82, 2.24) is 34.0 Å². The van der Waals surface area contributed by atoms with E-state index < -0.39 is 0 Å². The molecule has 3 fully saturated rings. The smallest absolute Gasteiger partial charge is 0.254 e. The maximum atomic E-state index is 13.8. The number of aryl methyl sites for hydroxylation is 1. The second-order valence-corrected chi connectivity index (χ2v) is 12.0. The summed E-state index contributed by atoms with van der Waals surface area (Å²) < 4.78 is 12.2. The summed E-state index contributed by atoms with van der Waals surface area (Å²) in [7, 11) is 3.52. The second-order valence-electron chi connectivity index (χ2n) is 12.0. The maximum Gasteiger partial charge on any atom is 0.254 e. The molecule has 0 radical (unpaired) electrons. The van der Waals surface area contributed by atoms with Gasteiger partial charge < -0.3 is 24.5 Å². The van der Waals surface area contributed by atoms with Crippen LogP contribution in [0.4, 0.5) is 0 Å². The third-order valence-electron chi connectivity index (χ3n) is 9.34. The SMILES string of the molecule is COc1cc(C(=O)N2CC3CCC2[C@@H]3N)cc2nc(-c3cc4ccccc4n3CC3CC3)n(Cc3cn(C)nn3)c12. The van der Waals surface area contributed by atoms with Crippen LogP contribution in [-0.4, -0.2) is 65.7 Å². The van der Waals surface area contributed by atoms with Crippen LogP contribution in [0.15, 0.2) is 48.7 Å². The lowest BCUT2D eigenvalue weighted by Crippen LogP contribution is -2.41. The number of hydrogen-bond acceptors (Lipinski definition) is 6. The minimum Gasteiger partial charge on any atom is -0.494 e. The normalized spacial score (nSPS) is 21.9. The third kappa shape index (κ3) is 3.95. The van der Waals surface area contributed by atoms with E-state index in [1.807, 2.05) is 30.3 Å². The summed E-state index contributed by atoms with van der Waals surface area (Å²) in [5.74, 6) is 2.52. The molecule has 3 aliphatic rings. The highest BCUT2D eigenvalue weighted by Crippen LogP contribution is 2.40. The first-order chi connectivity index (χ1) is 20.0. The van der Waals surface area contributed by atoms with E-state index in [2.05, 4.69) is 49.8 Å². The Morgan fingerprint density at radius 2 is 1.95 bits per heavy atom. The minimum atomic E-state index is 0.000669. The summed E-state index contributed by atoms with van der Waals surface area (Å²) >= 11 is 0. The molecule has 1 saturated heterocycles. The number of imidazole rings is 1. The predicted octanol–water partition coefficient (Wildman–Crippen LogP) is 3.82. The second kappa shape index (κ2) is 9.17. The first-order valence-corrected chi connectivity index (χ1v) is 14.6. The van der Waals surface area contributed by atoms with Crippen LogP contribution in [0.5, 0.6) is 5.75 Å². The molecule has 41 heavy (non-hydrogen) atoms. The van der Waals surface area contributed by atoms with Gasteiger partial charge in [0, 0.05) is 54.9 Å². The lowest BCUT2D eigenvalue weighted by atomic mass is 10.1. The van der Waals surface area contributed by atoms with E-state index in [0.717, 1.165) is 54.2 Å². The first-order valence-electron chi connectivity index (χ1n) is 14.6. The molecule has 10 nitrogen and oxygen atoms in total. The van der Waals surface area contributed by atoms with Gasteiger partial charge in [-0.05, 0) is 61.8 Å². The fourth-order valence-corrected chi connectivity index (χ4v) is 7.09. The number of nitrogens with zero attached hydrogens (tertiary/aromatic N) is 7. The van der Waals surface area contributed by atoms with Crippen LogP contribution in [0.25, 0.3) is 33.5 Å². The summed E-state index contributed by atoms with van der Waals surface area (Å²) in [5.41, 5.74) is 11.7. The average molecular weight is 551 g/mol. The maximum absolute atomic E-state index is 13.8. The average Bonchev–Trinajstić information content (AvgIpc) is 3.25. The zero-order valence-corrected chi connectivity index (χ0v) is 23.4. The third-order valence-corrected chi connectivity index (χ3v) is 9.34. The molecule has 2 saturated carbocycles. The van der Waals surface area contributed by atoms with Crippen LogP contribution >= 0.6 is 0 Å². The molecule has 2 N–H and O–H groups in total. The van der Waals surface area contributed by atoms with Crippen LogP contribution in [0.3, 0.4) is 0 Å². The van der Waals surface area contributed by atoms with Crippen LogP contribution in [-0.2, 0) is 20.1 Å². The topological polar surface area (TPSA) is 109 Å². The number of aromatic nitrogens is 6. The lowest BCUT2D eigenvalue weighted by Gasteiger charge is -2.27. The van der Waals surface area contributed by atoms with E-state index >= 15 is 0 Å². The Labute approximate surface area is 237 Å². The highest BCUT2D eigenvalue weighted by atomic mass is 16.5. The van der Waals surface area contributed by atoms with Gasteiger partial charge in [0.1, 0.15) is 17.0 Å². The van der Waals surface area contributed by atoms with E-state index in [1.165, 1.54) is 23.7 Å². The standard InChI is InChI=1S/C31H34N8O2/c1-36-16-22(34-35-36)17-39-29-23(11-21(13-27(29)41-2)31(40)38-15-20-9-10-25(38)28(20)32)33-30(39)26-12-19-5-3-4-6-24(19)37(26)14-18-7-8-18/h3-6,11-13,16,18,20,25,28H,7-10,14-15,17,32H2,1-2H3/t20?,25?,28-/m1/s1. The van der Waals surface area contributed by atoms with Gasteiger partial charge in [0.25, 0.3) is 5.91 Å². The minimum absolute atomic E-state index is 0.000669. The molecule has 2 unspecified atom stereocenters. The van der Waals surface area contributed by atoms with Crippen LogP contribution in [0.2, 0.25) is 0 Å². The van der Waals surface area contributed by atoms with E-state index in [0.29, 0.717) is 29.7 Å². The van der Waals surface area contributed by atoms with Crippen LogP contribution in [0, 0.1) is 11.8 Å². The number of methoxy groups -OCH3 is 1. The van der Waals surface area contributed by atoms with Gasteiger partial charge >= 0.3 is 0 Å². The Balaban J connectivity index is 1.31. The summed E-state index contributed by atoms with van der Waals surface area (Å²) in [4.78, 5) is 21.0. The molecule has 1 amide bonds. The summed E-state index contributed by atoms with van der Waals surface area (Å²) in [5, 5.41) is 9.73. The highest BCUT2D eigenvalue weighted by molar-refractivity contribution is 6.00. The summed E-state index contributed by atoms with van der Waals surface area (Å²) in [6.45, 7) is 2.15. The molecule has 1 aliphatic heterocycles. The molecule has 10 heteroatoms. The van der Waals surface area contributed by atoms with E-state index in [-0.39, 0.29) is 18.0 Å². The number of nitrogens with two attached hydrogens (primary N) is 1. The molecule has 5 aromatic rings. The highest BCUT2D eigenvalue weighted by Gasteiger charge is 2.47. The van der Waals surface area contributed by atoms with Crippen molar-refractivity contribution in [2.45, 2.75) is 50.9 Å². The van der Waals surface area contributed by atoms with E-state index in [4.69, 9.17) is 15.5 Å². The molecule has 2 aromatic carbocycles. The Bertz CT molecular complexity index is 1810. The molecule has 2 aliphatic carbocycles. The van der Waals surface area contributed by atoms with Crippen molar-refractivity contribution >= 4 is 27.8 Å². The van der Waals surface area contributed by atoms with Crippen LogP contribution < -0.4 is 10.5 Å². The monoisotopic (exact) mass is 550 g/mol. The molecule has 210 valence electrons. The zero-order chi connectivity index (χ0) is 27.8. The van der Waals surface area contributed by atoms with Gasteiger partial charge in [-0.25, -0.2) is 4.98 Å². The number of para-hydroxylation sites is 1. The Morgan fingerprint density at radius 3 is 2.66 bits per heavy atom. The number of amides is 1. The van der Waals surface area contributed by atoms with E-state index in [1.54, 1.807) is 11.8 Å². The van der Waals surface area contributed by atoms with Crippen molar-refractivity contribution in [1.29, 1.82) is 0 Å². The molecular formula is C31H34N8O2. The predicted molar refractivity (Wildman–Crippen MR) is 156 cm³/mol. The number of rotatable bonds is 7. The summed E-state index contributed by atoms with van der Waals surface area (Å²) in [6, 6.07) is 14.7. The number of hydrogen-bond donors (Lipinski definition) is 1. The van der Waals surface area contributed by atoms with Gasteiger partial charge in [0.05, 0.1) is 24.9 Å². The molecule has 4 heterocycles. The van der Waals surface area contributed by atoms with Crippen molar-refractivity contribution in [2.75, 3.05) is 13.7 Å². The van der Waals surface area contributed by atoms with Gasteiger partial charge in [0.15, 0.2) is 5.82 Å². The van der Waals surface area contributed by atoms with Crippen molar-refractivity contribution in [2.24, 2.45) is 24.6 Å². The Kier molecular flexibility index (Phi) is 5.50. The Morgan fingerprint density at radius 1 is 1.10 bits per heavy atom. The van der Waals surface area contributed by atoms with Gasteiger partial charge in [-0.3, -0.25) is 9.48 Å². The van der Waals surface area contributed by atoms with Crippen molar-refractivity contribution in [3.63, 3.8) is 0 Å². The van der Waals surface area contributed by atoms with Gasteiger partial charge in [-0.1, -0.05) is 23.4 Å². The summed E-state index contributed by atoms with van der Waals surface area (Å²) in [6.07, 6.45) is 6.50. The van der Waals surface area contributed by atoms with Crippen molar-refractivity contribution < 1.29 is 9.53 Å². The van der Waals surface area contributed by atoms with Crippen molar-refractivity contribution in [3.05, 3.63) is 59.9 Å². The first kappa shape index (κ1) is 24.6. The number of carbonyl (C=O) groups is 1. The van der Waals surface area contributed by atoms with Gasteiger partial charge in [0.2, 0.25) is 0 Å². The van der Waals surface area contributed by atoms with Crippen molar-refractivity contribution in [3.8, 4) is 17.3 Å². The van der Waals surface area contributed by atoms with Crippen LogP contribution in [0.1, 0.15) is 41.7 Å². The molecular weight excluding hydrogens is 516 g/mol. The van der Waals surface area contributed by atoms with Gasteiger partial charge in [-0.2, -0.15) is 0 Å². The fraction of sp³-hybridized carbons (Fsp3) is 0.419. The lowest BCUT2D eigenvalue weighted by molar-refractivity contribution is 0.0700. The molecule has 8 rings (SSSR count). The number of carbonyl (C=O) groups excluding carboxylic acids is 1. The zero-order valence-electron chi connectivity index (χ0n) is 23.4. The largest absolute Gasteiger partial charge is 0.494 e. The number of benzene rings is 2. The van der Waals surface area contributed by atoms with E-state index in [9.17, 15) is 4.79 Å². The van der Waals surface area contributed by atoms with Gasteiger partial charge in [-0.15, -0.1) is 5.10 Å². The molecule has 3 atom stereocenters. The Hall–Kier alpha value is -4.18. The number of fused-ring (bicyclic) bond motifs is 4. The fourth-order valence-electron chi connectivity index (χ4n) is 7.09. The molecule has 0 spiro atoms. The number of piperidine rings is 1. The molecule has 2 bridgehead atoms.